The van der Waals surface area contributed by atoms with Gasteiger partial charge in [-0.15, -0.1) is 15.0 Å². The van der Waals surface area contributed by atoms with Gasteiger partial charge in [0.05, 0.1) is 0 Å². The van der Waals surface area contributed by atoms with E-state index in [1.54, 1.807) is 4.80 Å². The number of pyridine rings is 1. The molecule has 0 saturated carbocycles. The number of nitrogens with zero attached hydrogens (tertiary/aromatic N) is 5. The Labute approximate surface area is 269 Å². The average Bonchev–Trinajstić information content (AvgIpc) is 3.60. The Hall–Kier alpha value is -5.88. The molecule has 2 heterocycles. The number of aromatic nitrogens is 5. The molecule has 6 heteroatoms. The van der Waals surface area contributed by atoms with E-state index < -0.39 is 5.54 Å². The summed E-state index contributed by atoms with van der Waals surface area (Å²) in [5.41, 5.74) is 8.05. The predicted octanol–water partition coefficient (Wildman–Crippen LogP) is 8.44. The zero-order valence-electron chi connectivity index (χ0n) is 25.8. The summed E-state index contributed by atoms with van der Waals surface area (Å²) in [5.74, 6) is 1.32. The summed E-state index contributed by atoms with van der Waals surface area (Å²) < 4.78 is 6.22. The molecule has 2 aromatic heterocycles. The normalized spacial score (nSPS) is 11.3. The molecule has 0 unspecified atom stereocenters. The standard InChI is InChI=1S/C40H33N5O/c1-29-25-36(26-30(2)41-29)46-28-31-23-24-37(32-15-7-3-8-16-32)38(27-31)39-42-44-45(43-39)40(33-17-9-4-10-18-33,34-19-11-5-12-20-34)35-21-13-6-14-22-35/h3-27H,28H2,1-2H3. The van der Waals surface area contributed by atoms with Gasteiger partial charge in [-0.05, 0) is 58.5 Å². The molecule has 7 rings (SSSR count). The van der Waals surface area contributed by atoms with E-state index in [4.69, 9.17) is 20.1 Å². The molecule has 46 heavy (non-hydrogen) atoms. The maximum atomic E-state index is 6.22. The van der Waals surface area contributed by atoms with Crippen LogP contribution in [-0.2, 0) is 12.1 Å². The topological polar surface area (TPSA) is 65.7 Å². The van der Waals surface area contributed by atoms with Gasteiger partial charge in [0.25, 0.3) is 0 Å². The van der Waals surface area contributed by atoms with Crippen molar-refractivity contribution < 1.29 is 4.74 Å². The van der Waals surface area contributed by atoms with Gasteiger partial charge >= 0.3 is 0 Å². The Morgan fingerprint density at radius 3 is 1.65 bits per heavy atom. The molecule has 0 spiro atoms. The van der Waals surface area contributed by atoms with Gasteiger partial charge in [-0.25, -0.2) is 0 Å². The lowest BCUT2D eigenvalue weighted by molar-refractivity contribution is 0.305. The van der Waals surface area contributed by atoms with E-state index in [2.05, 4.69) is 108 Å². The second-order valence-corrected chi connectivity index (χ2v) is 11.3. The number of benzene rings is 5. The van der Waals surface area contributed by atoms with Crippen LogP contribution in [0.4, 0.5) is 0 Å². The summed E-state index contributed by atoms with van der Waals surface area (Å²) in [4.78, 5) is 6.24. The number of tetrazole rings is 1. The third-order valence-corrected chi connectivity index (χ3v) is 8.16. The number of rotatable bonds is 9. The third kappa shape index (κ3) is 5.57. The van der Waals surface area contributed by atoms with Gasteiger partial charge in [-0.2, -0.15) is 0 Å². The maximum Gasteiger partial charge on any atom is 0.205 e. The molecule has 0 atom stereocenters. The van der Waals surface area contributed by atoms with Crippen LogP contribution in [0.15, 0.2) is 152 Å². The Morgan fingerprint density at radius 1 is 0.587 bits per heavy atom. The van der Waals surface area contributed by atoms with Gasteiger partial charge in [0, 0.05) is 29.1 Å². The summed E-state index contributed by atoms with van der Waals surface area (Å²) in [6, 6.07) is 51.7. The fourth-order valence-electron chi connectivity index (χ4n) is 6.13. The Bertz CT molecular complexity index is 1940. The zero-order chi connectivity index (χ0) is 31.3. The number of aryl methyl sites for hydroxylation is 2. The molecule has 0 N–H and O–H groups in total. The molecule has 5 aromatic carbocycles. The third-order valence-electron chi connectivity index (χ3n) is 8.16. The highest BCUT2D eigenvalue weighted by molar-refractivity contribution is 5.81. The van der Waals surface area contributed by atoms with Crippen molar-refractivity contribution in [3.8, 4) is 28.3 Å². The van der Waals surface area contributed by atoms with E-state index in [0.717, 1.165) is 56.1 Å². The minimum absolute atomic E-state index is 0.390. The fraction of sp³-hybridized carbons (Fsp3) is 0.100. The SMILES string of the molecule is Cc1cc(OCc2ccc(-c3ccccc3)c(-c3nnn(C(c4ccccc4)(c4ccccc4)c4ccccc4)n3)c2)cc(C)n1. The van der Waals surface area contributed by atoms with Gasteiger partial charge in [-0.3, -0.25) is 4.98 Å². The van der Waals surface area contributed by atoms with E-state index in [9.17, 15) is 0 Å². The molecule has 7 aromatic rings. The number of ether oxygens (including phenoxy) is 1. The van der Waals surface area contributed by atoms with Crippen LogP contribution in [0.1, 0.15) is 33.6 Å². The fourth-order valence-corrected chi connectivity index (χ4v) is 6.13. The monoisotopic (exact) mass is 599 g/mol. The molecule has 0 aliphatic carbocycles. The molecule has 0 aliphatic heterocycles. The minimum atomic E-state index is -0.861. The highest BCUT2D eigenvalue weighted by Crippen LogP contribution is 2.40. The first-order valence-corrected chi connectivity index (χ1v) is 15.3. The highest BCUT2D eigenvalue weighted by Gasteiger charge is 2.41. The van der Waals surface area contributed by atoms with Crippen LogP contribution in [0.5, 0.6) is 5.75 Å². The lowest BCUT2D eigenvalue weighted by atomic mass is 9.77. The van der Waals surface area contributed by atoms with Crippen molar-refractivity contribution in [1.29, 1.82) is 0 Å². The van der Waals surface area contributed by atoms with Gasteiger partial charge in [0.2, 0.25) is 5.82 Å². The van der Waals surface area contributed by atoms with Crippen LogP contribution in [0.25, 0.3) is 22.5 Å². The number of hydrogen-bond donors (Lipinski definition) is 0. The minimum Gasteiger partial charge on any atom is -0.489 e. The van der Waals surface area contributed by atoms with Gasteiger partial charge in [0.1, 0.15) is 12.4 Å². The first kappa shape index (κ1) is 28.9. The van der Waals surface area contributed by atoms with Gasteiger partial charge in [0.15, 0.2) is 5.54 Å². The first-order chi connectivity index (χ1) is 22.6. The molecule has 0 saturated heterocycles. The number of hydrogen-bond acceptors (Lipinski definition) is 5. The van der Waals surface area contributed by atoms with E-state index >= 15 is 0 Å². The second kappa shape index (κ2) is 12.6. The zero-order valence-corrected chi connectivity index (χ0v) is 25.8. The summed E-state index contributed by atoms with van der Waals surface area (Å²) in [7, 11) is 0. The van der Waals surface area contributed by atoms with Crippen molar-refractivity contribution in [1.82, 2.24) is 25.2 Å². The van der Waals surface area contributed by atoms with Crippen LogP contribution in [0.2, 0.25) is 0 Å². The molecule has 0 amide bonds. The first-order valence-electron chi connectivity index (χ1n) is 15.3. The molecule has 0 aliphatic rings. The summed E-state index contributed by atoms with van der Waals surface area (Å²) in [6.45, 7) is 4.34. The Kier molecular flexibility index (Phi) is 7.92. The van der Waals surface area contributed by atoms with Crippen molar-refractivity contribution in [3.63, 3.8) is 0 Å². The van der Waals surface area contributed by atoms with Gasteiger partial charge < -0.3 is 4.74 Å². The molecular formula is C40H33N5O. The van der Waals surface area contributed by atoms with Crippen LogP contribution < -0.4 is 4.74 Å². The van der Waals surface area contributed by atoms with Crippen molar-refractivity contribution >= 4 is 0 Å². The quantitative estimate of drug-likeness (QED) is 0.156. The largest absolute Gasteiger partial charge is 0.489 e. The van der Waals surface area contributed by atoms with E-state index in [-0.39, 0.29) is 0 Å². The summed E-state index contributed by atoms with van der Waals surface area (Å²) in [6.07, 6.45) is 0. The summed E-state index contributed by atoms with van der Waals surface area (Å²) >= 11 is 0. The lowest BCUT2D eigenvalue weighted by Crippen LogP contribution is -2.39. The van der Waals surface area contributed by atoms with Crippen molar-refractivity contribution in [2.45, 2.75) is 26.0 Å². The van der Waals surface area contributed by atoms with Gasteiger partial charge in [-0.1, -0.05) is 133 Å². The molecule has 224 valence electrons. The molecule has 0 fully saturated rings. The second-order valence-electron chi connectivity index (χ2n) is 11.3. The van der Waals surface area contributed by atoms with Crippen LogP contribution in [0, 0.1) is 13.8 Å². The molecule has 0 bridgehead atoms. The predicted molar refractivity (Wildman–Crippen MR) is 181 cm³/mol. The van der Waals surface area contributed by atoms with Crippen LogP contribution >= 0.6 is 0 Å². The Balaban J connectivity index is 1.38. The van der Waals surface area contributed by atoms with E-state index in [0.29, 0.717) is 12.4 Å². The van der Waals surface area contributed by atoms with E-state index in [1.807, 2.05) is 62.4 Å². The Morgan fingerprint density at radius 2 is 1.11 bits per heavy atom. The summed E-state index contributed by atoms with van der Waals surface area (Å²) in [5, 5.41) is 14.7. The smallest absolute Gasteiger partial charge is 0.205 e. The van der Waals surface area contributed by atoms with Crippen molar-refractivity contribution in [2.24, 2.45) is 0 Å². The van der Waals surface area contributed by atoms with Crippen LogP contribution in [-0.4, -0.2) is 25.2 Å². The van der Waals surface area contributed by atoms with Crippen LogP contribution in [0.3, 0.4) is 0 Å². The molecule has 0 radical (unpaired) electrons. The van der Waals surface area contributed by atoms with Crippen molar-refractivity contribution in [3.05, 3.63) is 185 Å². The lowest BCUT2D eigenvalue weighted by Gasteiger charge is -2.34. The van der Waals surface area contributed by atoms with Crippen molar-refractivity contribution in [2.75, 3.05) is 0 Å². The maximum absolute atomic E-state index is 6.22. The van der Waals surface area contributed by atoms with E-state index in [1.165, 1.54) is 0 Å². The molecule has 6 nitrogen and oxygen atoms in total. The molecular weight excluding hydrogens is 566 g/mol. The highest BCUT2D eigenvalue weighted by atomic mass is 16.5. The average molecular weight is 600 g/mol.